The minimum Gasteiger partial charge on any atom is -1.00 e. The van der Waals surface area contributed by atoms with Gasteiger partial charge in [0.2, 0.25) is 0 Å². The van der Waals surface area contributed by atoms with Crippen LogP contribution in [-0.4, -0.2) is 23.1 Å². The molecule has 0 aliphatic carbocycles. The van der Waals surface area contributed by atoms with Gasteiger partial charge in [-0.15, -0.1) is 11.3 Å². The molecule has 0 bridgehead atoms. The van der Waals surface area contributed by atoms with E-state index in [-0.39, 0.29) is 35.5 Å². The predicted molar refractivity (Wildman–Crippen MR) is 97.9 cm³/mol. The van der Waals surface area contributed by atoms with Gasteiger partial charge in [0.1, 0.15) is 6.07 Å². The van der Waals surface area contributed by atoms with Crippen LogP contribution in [0.2, 0.25) is 0 Å². The van der Waals surface area contributed by atoms with Crippen molar-refractivity contribution in [2.45, 2.75) is 13.8 Å². The molecule has 2 aromatic rings. The van der Waals surface area contributed by atoms with Crippen molar-refractivity contribution in [2.24, 2.45) is 0 Å². The average molecular weight is 533 g/mol. The second-order valence-electron chi connectivity index (χ2n) is 2.89. The molecule has 0 aliphatic rings. The summed E-state index contributed by atoms with van der Waals surface area (Å²) < 4.78 is 3.17. The monoisotopic (exact) mass is 529 g/mol. The Hall–Kier alpha value is 1.39. The molecule has 0 atom stereocenters. The van der Waals surface area contributed by atoms with Crippen molar-refractivity contribution in [1.82, 2.24) is 0 Å². The van der Waals surface area contributed by atoms with E-state index in [0.717, 1.165) is 19.0 Å². The van der Waals surface area contributed by atoms with E-state index in [1.807, 2.05) is 47.9 Å². The first-order valence-corrected chi connectivity index (χ1v) is 9.06. The molecule has 2 aromatic heterocycles. The molecule has 0 aromatic carbocycles. The Balaban J connectivity index is -0.000000225. The van der Waals surface area contributed by atoms with Crippen molar-refractivity contribution in [3.05, 3.63) is 46.9 Å². The zero-order chi connectivity index (χ0) is 14.0. The fourth-order valence-electron chi connectivity index (χ4n) is 0.627. The summed E-state index contributed by atoms with van der Waals surface area (Å²) in [5.41, 5.74) is 0.718. The third kappa shape index (κ3) is 12.0. The summed E-state index contributed by atoms with van der Waals surface area (Å²) in [6, 6.07) is 2.04. The molecule has 2 heterocycles. The first-order valence-electron chi connectivity index (χ1n) is 4.79. The van der Waals surface area contributed by atoms with Crippen molar-refractivity contribution in [1.29, 1.82) is 5.26 Å². The van der Waals surface area contributed by atoms with E-state index in [9.17, 15) is 0 Å². The van der Waals surface area contributed by atoms with Gasteiger partial charge in [-0.3, -0.25) is 0 Å². The molecule has 0 spiro atoms. The third-order valence-corrected chi connectivity index (χ3v) is 6.20. The fraction of sp³-hybridized carbons (Fsp3) is 0.167. The van der Waals surface area contributed by atoms with Crippen LogP contribution in [0.1, 0.15) is 19.4 Å². The quantitative estimate of drug-likeness (QED) is 0.376. The van der Waals surface area contributed by atoms with Gasteiger partial charge in [0.15, 0.2) is 0 Å². The van der Waals surface area contributed by atoms with Crippen LogP contribution in [0.3, 0.4) is 0 Å². The molecule has 106 valence electrons. The summed E-state index contributed by atoms with van der Waals surface area (Å²) in [7, 11) is 0. The molecular weight excluding hydrogens is 522 g/mol. The largest absolute Gasteiger partial charge is 2.00 e. The average Bonchev–Trinajstić information content (AvgIpc) is 2.91. The summed E-state index contributed by atoms with van der Waals surface area (Å²) in [6.45, 7) is 4.00. The van der Waals surface area contributed by atoms with Gasteiger partial charge in [-0.05, 0) is 47.8 Å². The molecule has 0 fully saturated rings. The minimum absolute atomic E-state index is 0. The zero-order valence-electron chi connectivity index (χ0n) is 10.9. The summed E-state index contributed by atoms with van der Waals surface area (Å²) in [4.78, 5) is 0. The van der Waals surface area contributed by atoms with Gasteiger partial charge in [0.25, 0.3) is 0 Å². The van der Waals surface area contributed by atoms with Crippen LogP contribution >= 0.6 is 70.5 Å². The topological polar surface area (TPSA) is 23.8 Å². The van der Waals surface area contributed by atoms with Gasteiger partial charge in [-0.1, -0.05) is 0 Å². The number of halogens is 4. The number of hydrogen-bond donors (Lipinski definition) is 0. The maximum absolute atomic E-state index is 8.33. The summed E-state index contributed by atoms with van der Waals surface area (Å²) >= 11 is 13.1. The summed E-state index contributed by atoms with van der Waals surface area (Å²) in [6.07, 6.45) is 2.00. The molecule has 0 saturated carbocycles. The van der Waals surface area contributed by atoms with Crippen LogP contribution < -0.4 is 12.4 Å². The Kier molecular flexibility index (Phi) is 22.0. The van der Waals surface area contributed by atoms with Crippen LogP contribution in [0.4, 0.5) is 0 Å². The molecule has 20 heavy (non-hydrogen) atoms. The minimum atomic E-state index is 0. The van der Waals surface area contributed by atoms with Crippen molar-refractivity contribution in [3.63, 3.8) is 0 Å². The SMILES string of the molecule is Brc1cscc1Br.C[CH-]C.N#Cc1cscc1Br.[Cl-].[Mg+2]. The number of rotatable bonds is 0. The Labute approximate surface area is 176 Å². The molecule has 0 unspecified atom stereocenters. The van der Waals surface area contributed by atoms with E-state index in [1.54, 1.807) is 11.3 Å². The van der Waals surface area contributed by atoms with Gasteiger partial charge in [0.05, 0.1) is 5.56 Å². The zero-order valence-corrected chi connectivity index (χ0v) is 19.4. The van der Waals surface area contributed by atoms with Crippen LogP contribution in [0.15, 0.2) is 34.9 Å². The summed E-state index contributed by atoms with van der Waals surface area (Å²) in [5.74, 6) is 0. The van der Waals surface area contributed by atoms with Crippen molar-refractivity contribution in [2.75, 3.05) is 0 Å². The summed E-state index contributed by atoms with van der Waals surface area (Å²) in [5, 5.41) is 16.1. The maximum atomic E-state index is 8.33. The number of thiophene rings is 2. The first-order chi connectivity index (χ1) is 8.56. The molecule has 0 saturated heterocycles. The number of nitrogens with zero attached hydrogens (tertiary/aromatic N) is 1. The molecular formula is C12H11Br3ClMgNS2. The van der Waals surface area contributed by atoms with E-state index in [1.165, 1.54) is 11.3 Å². The van der Waals surface area contributed by atoms with Crippen molar-refractivity contribution >= 4 is 93.5 Å². The van der Waals surface area contributed by atoms with E-state index in [2.05, 4.69) is 47.8 Å². The van der Waals surface area contributed by atoms with E-state index >= 15 is 0 Å². The molecule has 0 aliphatic heterocycles. The molecule has 0 amide bonds. The van der Waals surface area contributed by atoms with E-state index < -0.39 is 0 Å². The standard InChI is InChI=1S/C5H2BrNS.C4H2Br2S.C3H7.ClH.Mg/c6-5-3-8-2-4(5)1-7;5-3-1-7-2-4(3)6;1-3-2;;/h2-3H;1-2H;3H,1-2H3;1H;/q;;-1;;+2/p-1. The van der Waals surface area contributed by atoms with Crippen molar-refractivity contribution < 1.29 is 12.4 Å². The van der Waals surface area contributed by atoms with Gasteiger partial charge < -0.3 is 18.8 Å². The molecule has 8 heteroatoms. The van der Waals surface area contributed by atoms with Crippen molar-refractivity contribution in [3.8, 4) is 6.07 Å². The van der Waals surface area contributed by atoms with Gasteiger partial charge in [0, 0.05) is 34.9 Å². The van der Waals surface area contributed by atoms with Gasteiger partial charge in [-0.2, -0.15) is 30.4 Å². The van der Waals surface area contributed by atoms with Crippen LogP contribution in [-0.2, 0) is 0 Å². The predicted octanol–water partition coefficient (Wildman–Crippen LogP) is 3.51. The Morgan fingerprint density at radius 1 is 0.950 bits per heavy atom. The van der Waals surface area contributed by atoms with Gasteiger partial charge in [-0.25, -0.2) is 0 Å². The van der Waals surface area contributed by atoms with E-state index in [0.29, 0.717) is 0 Å². The van der Waals surface area contributed by atoms with Crippen LogP contribution in [0, 0.1) is 17.8 Å². The second kappa shape index (κ2) is 16.8. The molecule has 2 rings (SSSR count). The normalized spacial score (nSPS) is 7.60. The third-order valence-electron chi connectivity index (χ3n) is 1.31. The Morgan fingerprint density at radius 2 is 1.30 bits per heavy atom. The second-order valence-corrected chi connectivity index (χ2v) is 6.94. The number of hydrogen-bond acceptors (Lipinski definition) is 3. The van der Waals surface area contributed by atoms with Crippen LogP contribution in [0.5, 0.6) is 0 Å². The van der Waals surface area contributed by atoms with Gasteiger partial charge >= 0.3 is 23.1 Å². The fourth-order valence-corrected chi connectivity index (χ4v) is 3.68. The maximum Gasteiger partial charge on any atom is 2.00 e. The van der Waals surface area contributed by atoms with E-state index in [4.69, 9.17) is 5.26 Å². The molecule has 1 nitrogen and oxygen atoms in total. The number of nitriles is 1. The smallest absolute Gasteiger partial charge is 1.00 e. The Bertz CT molecular complexity index is 480. The molecule has 0 radical (unpaired) electrons. The van der Waals surface area contributed by atoms with Crippen LogP contribution in [0.25, 0.3) is 0 Å². The molecule has 0 N–H and O–H groups in total. The first kappa shape index (κ1) is 26.3. The Morgan fingerprint density at radius 3 is 1.45 bits per heavy atom.